The molecule has 1 aromatic heterocycles. The van der Waals surface area contributed by atoms with Crippen LogP contribution in [0.4, 0.5) is 13.2 Å². The molecule has 90 valence electrons. The molecule has 0 atom stereocenters. The molecule has 6 heteroatoms. The fourth-order valence-electron chi connectivity index (χ4n) is 1.44. The van der Waals surface area contributed by atoms with E-state index in [1.807, 2.05) is 0 Å². The fourth-order valence-corrected chi connectivity index (χ4v) is 1.83. The molecule has 0 aliphatic heterocycles. The van der Waals surface area contributed by atoms with Crippen molar-refractivity contribution in [1.29, 1.82) is 0 Å². The Morgan fingerprint density at radius 3 is 2.35 bits per heavy atom. The predicted molar refractivity (Wildman–Crippen MR) is 60.3 cm³/mol. The van der Waals surface area contributed by atoms with Crippen molar-refractivity contribution in [2.24, 2.45) is 0 Å². The second-order valence-corrected chi connectivity index (χ2v) is 4.14. The number of hydrogen-bond donors (Lipinski definition) is 0. The highest BCUT2D eigenvalue weighted by Crippen LogP contribution is 2.32. The maximum atomic E-state index is 12.8. The zero-order valence-electron chi connectivity index (χ0n) is 8.90. The van der Waals surface area contributed by atoms with Crippen LogP contribution in [0.25, 0.3) is 5.69 Å². The first kappa shape index (κ1) is 12.0. The largest absolute Gasteiger partial charge is 0.450 e. The maximum Gasteiger partial charge on any atom is 0.450 e. The summed E-state index contributed by atoms with van der Waals surface area (Å²) in [5.41, 5.74) is 0.452. The molecule has 2 nitrogen and oxygen atoms in total. The van der Waals surface area contributed by atoms with Crippen molar-refractivity contribution >= 4 is 11.8 Å². The van der Waals surface area contributed by atoms with Crippen molar-refractivity contribution in [3.63, 3.8) is 0 Å². The predicted octanol–water partition coefficient (Wildman–Crippen LogP) is 3.61. The van der Waals surface area contributed by atoms with E-state index in [9.17, 15) is 13.2 Å². The summed E-state index contributed by atoms with van der Waals surface area (Å²) in [5.74, 6) is -0.895. The Morgan fingerprint density at radius 2 is 1.82 bits per heavy atom. The third kappa shape index (κ3) is 2.46. The van der Waals surface area contributed by atoms with Gasteiger partial charge in [-0.15, -0.1) is 11.8 Å². The number of halogens is 3. The normalized spacial score (nSPS) is 11.8. The number of imidazole rings is 1. The van der Waals surface area contributed by atoms with Crippen LogP contribution in [0.5, 0.6) is 0 Å². The van der Waals surface area contributed by atoms with Crippen LogP contribution in [0, 0.1) is 0 Å². The maximum absolute atomic E-state index is 12.8. The number of alkyl halides is 3. The highest BCUT2D eigenvalue weighted by molar-refractivity contribution is 7.98. The first-order chi connectivity index (χ1) is 8.02. The van der Waals surface area contributed by atoms with Crippen LogP contribution < -0.4 is 0 Å². The van der Waals surface area contributed by atoms with Gasteiger partial charge in [-0.3, -0.25) is 4.57 Å². The lowest BCUT2D eigenvalue weighted by Gasteiger charge is -2.09. The number of nitrogens with zero attached hydrogens (tertiary/aromatic N) is 2. The van der Waals surface area contributed by atoms with Gasteiger partial charge < -0.3 is 0 Å². The Morgan fingerprint density at radius 1 is 1.18 bits per heavy atom. The Hall–Kier alpha value is -1.43. The van der Waals surface area contributed by atoms with E-state index >= 15 is 0 Å². The Kier molecular flexibility index (Phi) is 3.15. The summed E-state index contributed by atoms with van der Waals surface area (Å²) in [7, 11) is 0. The van der Waals surface area contributed by atoms with Crippen LogP contribution in [0.2, 0.25) is 0 Å². The second kappa shape index (κ2) is 4.44. The molecule has 0 saturated carbocycles. The molecule has 1 heterocycles. The molecule has 0 radical (unpaired) electrons. The summed E-state index contributed by atoms with van der Waals surface area (Å²) >= 11 is 1.18. The highest BCUT2D eigenvalue weighted by Gasteiger charge is 2.37. The molecule has 17 heavy (non-hydrogen) atoms. The van der Waals surface area contributed by atoms with Crippen LogP contribution in [0.1, 0.15) is 5.82 Å². The van der Waals surface area contributed by atoms with Crippen LogP contribution in [0.3, 0.4) is 0 Å². The molecule has 0 N–H and O–H groups in total. The van der Waals surface area contributed by atoms with Crippen molar-refractivity contribution in [1.82, 2.24) is 9.55 Å². The lowest BCUT2D eigenvalue weighted by molar-refractivity contribution is -0.146. The third-order valence-electron chi connectivity index (χ3n) is 2.18. The molecular weight excluding hydrogens is 249 g/mol. The minimum Gasteiger partial charge on any atom is -0.295 e. The standard InChI is InChI=1S/C11H9F3N2S/c1-17-9-7-16(8-5-3-2-4-6-8)10(15-9)11(12,13)14/h2-7H,1H3. The van der Waals surface area contributed by atoms with Gasteiger partial charge in [-0.05, 0) is 18.4 Å². The smallest absolute Gasteiger partial charge is 0.295 e. The average Bonchev–Trinajstić information content (AvgIpc) is 2.74. The van der Waals surface area contributed by atoms with Gasteiger partial charge in [0.1, 0.15) is 5.03 Å². The van der Waals surface area contributed by atoms with E-state index in [0.717, 1.165) is 4.57 Å². The number of rotatable bonds is 2. The summed E-state index contributed by atoms with van der Waals surface area (Å²) in [6, 6.07) is 8.35. The summed E-state index contributed by atoms with van der Waals surface area (Å²) in [6.45, 7) is 0. The van der Waals surface area contributed by atoms with Gasteiger partial charge in [0.25, 0.3) is 0 Å². The quantitative estimate of drug-likeness (QED) is 0.766. The van der Waals surface area contributed by atoms with Crippen molar-refractivity contribution in [2.45, 2.75) is 11.2 Å². The van der Waals surface area contributed by atoms with E-state index in [1.165, 1.54) is 18.0 Å². The number of thioether (sulfide) groups is 1. The second-order valence-electron chi connectivity index (χ2n) is 3.31. The summed E-state index contributed by atoms with van der Waals surface area (Å²) in [4.78, 5) is 3.58. The van der Waals surface area contributed by atoms with E-state index in [0.29, 0.717) is 10.7 Å². The molecular formula is C11H9F3N2S. The number of hydrogen-bond acceptors (Lipinski definition) is 2. The summed E-state index contributed by atoms with van der Waals surface area (Å²) < 4.78 is 39.4. The van der Waals surface area contributed by atoms with E-state index in [2.05, 4.69) is 4.98 Å². The van der Waals surface area contributed by atoms with Crippen LogP contribution in [-0.2, 0) is 6.18 Å². The van der Waals surface area contributed by atoms with Crippen molar-refractivity contribution in [3.8, 4) is 5.69 Å². The number of para-hydroxylation sites is 1. The summed E-state index contributed by atoms with van der Waals surface area (Å²) in [5, 5.41) is 0.348. The molecule has 0 unspecified atom stereocenters. The topological polar surface area (TPSA) is 17.8 Å². The van der Waals surface area contributed by atoms with Crippen LogP contribution in [0.15, 0.2) is 41.6 Å². The molecule has 0 saturated heterocycles. The minimum absolute atomic E-state index is 0.348. The van der Waals surface area contributed by atoms with Gasteiger partial charge in [0.15, 0.2) is 0 Å². The van der Waals surface area contributed by atoms with Gasteiger partial charge in [0, 0.05) is 11.9 Å². The van der Waals surface area contributed by atoms with Gasteiger partial charge in [0.2, 0.25) is 5.82 Å². The SMILES string of the molecule is CSc1cn(-c2ccccc2)c(C(F)(F)F)n1. The van der Waals surface area contributed by atoms with Crippen molar-refractivity contribution in [3.05, 3.63) is 42.4 Å². The molecule has 2 aromatic rings. The van der Waals surface area contributed by atoms with Gasteiger partial charge in [-0.1, -0.05) is 18.2 Å². The van der Waals surface area contributed by atoms with Gasteiger partial charge in [-0.2, -0.15) is 13.2 Å². The zero-order valence-corrected chi connectivity index (χ0v) is 9.72. The number of benzene rings is 1. The Bertz CT molecular complexity index is 505. The monoisotopic (exact) mass is 258 g/mol. The Balaban J connectivity index is 2.57. The molecule has 0 amide bonds. The Labute approximate surface area is 100 Å². The van der Waals surface area contributed by atoms with Gasteiger partial charge >= 0.3 is 6.18 Å². The molecule has 0 aliphatic carbocycles. The first-order valence-corrected chi connectivity index (χ1v) is 6.01. The highest BCUT2D eigenvalue weighted by atomic mass is 32.2. The third-order valence-corrected chi connectivity index (χ3v) is 2.80. The van der Waals surface area contributed by atoms with Crippen LogP contribution >= 0.6 is 11.8 Å². The van der Waals surface area contributed by atoms with Gasteiger partial charge in [-0.25, -0.2) is 4.98 Å². The van der Waals surface area contributed by atoms with Gasteiger partial charge in [0.05, 0.1) is 0 Å². The molecule has 0 bridgehead atoms. The van der Waals surface area contributed by atoms with Crippen molar-refractivity contribution in [2.75, 3.05) is 6.26 Å². The van der Waals surface area contributed by atoms with E-state index in [-0.39, 0.29) is 0 Å². The molecule has 0 fully saturated rings. The fraction of sp³-hybridized carbons (Fsp3) is 0.182. The van der Waals surface area contributed by atoms with E-state index in [1.54, 1.807) is 36.6 Å². The number of aromatic nitrogens is 2. The lowest BCUT2D eigenvalue weighted by Crippen LogP contribution is -2.13. The zero-order chi connectivity index (χ0) is 12.5. The van der Waals surface area contributed by atoms with Crippen molar-refractivity contribution < 1.29 is 13.2 Å². The minimum atomic E-state index is -4.45. The molecule has 2 rings (SSSR count). The average molecular weight is 258 g/mol. The first-order valence-electron chi connectivity index (χ1n) is 4.78. The van der Waals surface area contributed by atoms with E-state index < -0.39 is 12.0 Å². The molecule has 1 aromatic carbocycles. The molecule has 0 aliphatic rings. The van der Waals surface area contributed by atoms with E-state index in [4.69, 9.17) is 0 Å². The lowest BCUT2D eigenvalue weighted by atomic mass is 10.3. The summed E-state index contributed by atoms with van der Waals surface area (Å²) in [6.07, 6.45) is -1.37. The molecule has 0 spiro atoms. The van der Waals surface area contributed by atoms with Crippen LogP contribution in [-0.4, -0.2) is 15.8 Å².